The summed E-state index contributed by atoms with van der Waals surface area (Å²) in [6.07, 6.45) is 4.17. The molecule has 0 bridgehead atoms. The van der Waals surface area contributed by atoms with E-state index in [0.29, 0.717) is 16.8 Å². The maximum Gasteiger partial charge on any atom is 0.167 e. The number of anilines is 1. The predicted molar refractivity (Wildman–Crippen MR) is 148 cm³/mol. The molecule has 3 aromatic heterocycles. The molecule has 0 saturated carbocycles. The van der Waals surface area contributed by atoms with Gasteiger partial charge in [-0.3, -0.25) is 9.40 Å². The van der Waals surface area contributed by atoms with Crippen LogP contribution in [0.15, 0.2) is 88.4 Å². The van der Waals surface area contributed by atoms with Crippen molar-refractivity contribution < 1.29 is 4.52 Å². The molecule has 0 amide bonds. The molecule has 1 radical (unpaired) electrons. The number of aromatic nitrogens is 5. The molecule has 0 unspecified atom stereocenters. The third kappa shape index (κ3) is 3.21. The lowest BCUT2D eigenvalue weighted by Gasteiger charge is -2.26. The number of rotatable bonds is 3. The van der Waals surface area contributed by atoms with Crippen LogP contribution < -0.4 is 4.31 Å². The zero-order chi connectivity index (χ0) is 24.3. The molecule has 0 aliphatic carbocycles. The van der Waals surface area contributed by atoms with Gasteiger partial charge in [0.25, 0.3) is 0 Å². The molecule has 7 nitrogen and oxygen atoms in total. The Balaban J connectivity index is 1.47. The lowest BCUT2D eigenvalue weighted by Crippen LogP contribution is -2.11. The van der Waals surface area contributed by atoms with E-state index in [0.717, 1.165) is 47.8 Å². The standard InChI is InChI=1S/C28H15N6OS2/c1-5-11-22-16(7-1)13-14-34(37-22)20-15-19-27(31-33-30-19)25(26-17-8-2-4-10-21(17)35-32-26)24(20)28-29-18-9-3-6-12-23(18)36-28/h1-14H,(H,30,31,33). The maximum atomic E-state index is 5.75. The molecule has 0 atom stereocenters. The Morgan fingerprint density at radius 3 is 2.76 bits per heavy atom. The van der Waals surface area contributed by atoms with Crippen molar-refractivity contribution in [3.05, 3.63) is 90.6 Å². The minimum atomic E-state index is 0.620. The van der Waals surface area contributed by atoms with Gasteiger partial charge in [0, 0.05) is 33.7 Å². The van der Waals surface area contributed by atoms with Crippen LogP contribution in [0.3, 0.4) is 0 Å². The lowest BCUT2D eigenvalue weighted by molar-refractivity contribution is 0.459. The number of nitrogens with zero attached hydrogens (tertiary/aromatic N) is 5. The van der Waals surface area contributed by atoms with Gasteiger partial charge in [-0.25, -0.2) is 4.98 Å². The van der Waals surface area contributed by atoms with Crippen LogP contribution in [0, 0.1) is 6.07 Å². The van der Waals surface area contributed by atoms with Crippen LogP contribution in [0.25, 0.3) is 60.1 Å². The SMILES string of the molecule is [c]1c(N2C=Cc3ccccc3S2)c(-c2nc3ccccc3s2)c(-c2noc3ccccc23)c2[nH]nnc12. The highest BCUT2D eigenvalue weighted by molar-refractivity contribution is 8.01. The molecule has 1 aliphatic rings. The van der Waals surface area contributed by atoms with Gasteiger partial charge in [-0.2, -0.15) is 0 Å². The van der Waals surface area contributed by atoms with E-state index in [1.54, 1.807) is 23.3 Å². The first-order valence-corrected chi connectivity index (χ1v) is 13.2. The number of fused-ring (bicyclic) bond motifs is 4. The largest absolute Gasteiger partial charge is 0.356 e. The molecule has 1 N–H and O–H groups in total. The van der Waals surface area contributed by atoms with Gasteiger partial charge >= 0.3 is 0 Å². The Labute approximate surface area is 218 Å². The lowest BCUT2D eigenvalue weighted by atomic mass is 9.98. The smallest absolute Gasteiger partial charge is 0.167 e. The van der Waals surface area contributed by atoms with Crippen molar-refractivity contribution in [1.29, 1.82) is 0 Å². The number of para-hydroxylation sites is 2. The molecule has 7 aromatic rings. The molecule has 4 aromatic carbocycles. The Morgan fingerprint density at radius 1 is 0.919 bits per heavy atom. The van der Waals surface area contributed by atoms with Crippen molar-refractivity contribution in [2.75, 3.05) is 4.31 Å². The predicted octanol–water partition coefficient (Wildman–Crippen LogP) is 7.34. The fourth-order valence-electron chi connectivity index (χ4n) is 4.67. The molecule has 9 heteroatoms. The molecule has 37 heavy (non-hydrogen) atoms. The van der Waals surface area contributed by atoms with E-state index in [9.17, 15) is 0 Å². The number of thiazole rings is 1. The first kappa shape index (κ1) is 20.7. The van der Waals surface area contributed by atoms with Crippen LogP contribution in [0.4, 0.5) is 5.69 Å². The Hall–Kier alpha value is -4.47. The zero-order valence-corrected chi connectivity index (χ0v) is 20.7. The second kappa shape index (κ2) is 8.02. The number of aromatic amines is 1. The highest BCUT2D eigenvalue weighted by Crippen LogP contribution is 2.49. The zero-order valence-electron chi connectivity index (χ0n) is 19.0. The quantitative estimate of drug-likeness (QED) is 0.246. The van der Waals surface area contributed by atoms with Crippen molar-refractivity contribution in [3.63, 3.8) is 0 Å². The first-order chi connectivity index (χ1) is 18.3. The average Bonchev–Trinajstić information content (AvgIpc) is 3.69. The fourth-order valence-corrected chi connectivity index (χ4v) is 6.63. The summed E-state index contributed by atoms with van der Waals surface area (Å²) in [6, 6.07) is 27.9. The number of hydrogen-bond acceptors (Lipinski definition) is 8. The fraction of sp³-hybridized carbons (Fsp3) is 0. The Bertz CT molecular complexity index is 1970. The van der Waals surface area contributed by atoms with Gasteiger partial charge in [0.2, 0.25) is 0 Å². The summed E-state index contributed by atoms with van der Waals surface area (Å²) >= 11 is 3.27. The van der Waals surface area contributed by atoms with Crippen LogP contribution >= 0.6 is 23.3 Å². The second-order valence-electron chi connectivity index (χ2n) is 8.54. The summed E-state index contributed by atoms with van der Waals surface area (Å²) in [5.74, 6) is 0. The van der Waals surface area contributed by atoms with Gasteiger partial charge in [0.1, 0.15) is 16.2 Å². The molecule has 8 rings (SSSR count). The monoisotopic (exact) mass is 515 g/mol. The van der Waals surface area contributed by atoms with Gasteiger partial charge in [-0.15, -0.1) is 16.4 Å². The van der Waals surface area contributed by atoms with Gasteiger partial charge in [-0.1, -0.05) is 52.8 Å². The molecule has 1 aliphatic heterocycles. The molecular weight excluding hydrogens is 500 g/mol. The molecule has 175 valence electrons. The first-order valence-electron chi connectivity index (χ1n) is 11.6. The number of H-pyrrole nitrogens is 1. The third-order valence-corrected chi connectivity index (χ3v) is 8.49. The van der Waals surface area contributed by atoms with Crippen LogP contribution in [-0.4, -0.2) is 25.6 Å². The van der Waals surface area contributed by atoms with Crippen LogP contribution in [0.1, 0.15) is 5.56 Å². The minimum absolute atomic E-state index is 0.620. The van der Waals surface area contributed by atoms with E-state index in [4.69, 9.17) is 9.51 Å². The summed E-state index contributed by atoms with van der Waals surface area (Å²) in [5, 5.41) is 17.9. The summed E-state index contributed by atoms with van der Waals surface area (Å²) < 4.78 is 8.97. The minimum Gasteiger partial charge on any atom is -0.356 e. The van der Waals surface area contributed by atoms with E-state index >= 15 is 0 Å². The van der Waals surface area contributed by atoms with Crippen molar-refractivity contribution >= 4 is 67.3 Å². The van der Waals surface area contributed by atoms with Crippen LogP contribution in [-0.2, 0) is 0 Å². The van der Waals surface area contributed by atoms with E-state index in [1.165, 1.54) is 5.56 Å². The summed E-state index contributed by atoms with van der Waals surface area (Å²) in [6.45, 7) is 0. The van der Waals surface area contributed by atoms with Crippen molar-refractivity contribution in [1.82, 2.24) is 25.6 Å². The van der Waals surface area contributed by atoms with Gasteiger partial charge in [-0.05, 0) is 53.9 Å². The second-order valence-corrected chi connectivity index (χ2v) is 10.6. The van der Waals surface area contributed by atoms with E-state index < -0.39 is 0 Å². The van der Waals surface area contributed by atoms with Crippen molar-refractivity contribution in [2.24, 2.45) is 0 Å². The summed E-state index contributed by atoms with van der Waals surface area (Å²) in [5.41, 5.74) is 7.47. The van der Waals surface area contributed by atoms with E-state index in [1.807, 2.05) is 48.5 Å². The topological polar surface area (TPSA) is 83.7 Å². The Morgan fingerprint density at radius 2 is 1.78 bits per heavy atom. The van der Waals surface area contributed by atoms with Gasteiger partial charge in [0.05, 0.1) is 21.4 Å². The van der Waals surface area contributed by atoms with Crippen molar-refractivity contribution in [2.45, 2.75) is 4.90 Å². The summed E-state index contributed by atoms with van der Waals surface area (Å²) in [4.78, 5) is 6.20. The average molecular weight is 516 g/mol. The van der Waals surface area contributed by atoms with E-state index in [-0.39, 0.29) is 0 Å². The normalized spacial score (nSPS) is 13.1. The van der Waals surface area contributed by atoms with Gasteiger partial charge in [0.15, 0.2) is 5.58 Å². The highest BCUT2D eigenvalue weighted by atomic mass is 32.2. The highest BCUT2D eigenvalue weighted by Gasteiger charge is 2.28. The van der Waals surface area contributed by atoms with Crippen molar-refractivity contribution in [3.8, 4) is 21.8 Å². The maximum absolute atomic E-state index is 5.75. The third-order valence-electron chi connectivity index (χ3n) is 6.37. The number of benzene rings is 4. The van der Waals surface area contributed by atoms with E-state index in [2.05, 4.69) is 67.5 Å². The molecular formula is C28H15N6OS2. The molecule has 0 spiro atoms. The molecule has 4 heterocycles. The molecule has 0 saturated heterocycles. The Kier molecular flexibility index (Phi) is 4.49. The molecule has 0 fully saturated rings. The van der Waals surface area contributed by atoms with Gasteiger partial charge < -0.3 is 4.52 Å². The number of nitrogens with one attached hydrogen (secondary N) is 1. The van der Waals surface area contributed by atoms with Crippen LogP contribution in [0.5, 0.6) is 0 Å². The summed E-state index contributed by atoms with van der Waals surface area (Å²) in [7, 11) is 0. The van der Waals surface area contributed by atoms with Crippen LogP contribution in [0.2, 0.25) is 0 Å². The number of hydrogen-bond donors (Lipinski definition) is 1.